The Morgan fingerprint density at radius 2 is 1.57 bits per heavy atom. The van der Waals surface area contributed by atoms with Crippen LogP contribution in [0.3, 0.4) is 0 Å². The van der Waals surface area contributed by atoms with Crippen LogP contribution in [0.1, 0.15) is 17.3 Å². The van der Waals surface area contributed by atoms with Gasteiger partial charge in [0, 0.05) is 5.69 Å². The molecule has 0 aliphatic rings. The first-order chi connectivity index (χ1) is 10.1. The number of hydrogen-bond acceptors (Lipinski definition) is 3. The fourth-order valence-electron chi connectivity index (χ4n) is 1.75. The number of carbonyl (C=O) groups excluding carboxylic acids is 2. The number of aliphatic hydroxyl groups excluding tert-OH is 1. The summed E-state index contributed by atoms with van der Waals surface area (Å²) in [7, 11) is 0. The highest BCUT2D eigenvalue weighted by atomic mass is 16.3. The first-order valence-electron chi connectivity index (χ1n) is 6.52. The minimum absolute atomic E-state index is 0.329. The molecule has 2 aromatic carbocycles. The molecule has 0 bridgehead atoms. The Morgan fingerprint density at radius 3 is 2.24 bits per heavy atom. The minimum Gasteiger partial charge on any atom is -0.384 e. The van der Waals surface area contributed by atoms with Gasteiger partial charge in [0.05, 0.1) is 11.3 Å². The summed E-state index contributed by atoms with van der Waals surface area (Å²) in [5.74, 6) is -0.891. The second-order valence-electron chi connectivity index (χ2n) is 4.53. The molecule has 1 unspecified atom stereocenters. The Hall–Kier alpha value is -2.66. The van der Waals surface area contributed by atoms with Crippen LogP contribution in [0.25, 0.3) is 0 Å². The molecule has 1 atom stereocenters. The smallest absolute Gasteiger partial charge is 0.257 e. The topological polar surface area (TPSA) is 78.4 Å². The number of para-hydroxylation sites is 2. The van der Waals surface area contributed by atoms with Crippen LogP contribution in [-0.2, 0) is 4.79 Å². The molecule has 0 saturated heterocycles. The van der Waals surface area contributed by atoms with Crippen molar-refractivity contribution in [3.63, 3.8) is 0 Å². The van der Waals surface area contributed by atoms with Gasteiger partial charge in [-0.1, -0.05) is 30.3 Å². The number of amides is 2. The van der Waals surface area contributed by atoms with Gasteiger partial charge in [0.25, 0.3) is 11.8 Å². The van der Waals surface area contributed by atoms with Crippen molar-refractivity contribution in [3.8, 4) is 0 Å². The van der Waals surface area contributed by atoms with Crippen LogP contribution in [0.15, 0.2) is 54.6 Å². The van der Waals surface area contributed by atoms with Crippen LogP contribution in [0, 0.1) is 0 Å². The molecule has 0 aromatic heterocycles. The molecule has 2 rings (SSSR count). The molecule has 0 spiro atoms. The van der Waals surface area contributed by atoms with E-state index in [0.29, 0.717) is 16.9 Å². The highest BCUT2D eigenvalue weighted by Gasteiger charge is 2.15. The van der Waals surface area contributed by atoms with Gasteiger partial charge in [0.15, 0.2) is 0 Å². The van der Waals surface area contributed by atoms with E-state index in [-0.39, 0.29) is 5.91 Å². The van der Waals surface area contributed by atoms with E-state index in [1.807, 2.05) is 18.2 Å². The van der Waals surface area contributed by atoms with Crippen molar-refractivity contribution in [2.75, 3.05) is 10.6 Å². The quantitative estimate of drug-likeness (QED) is 0.805. The van der Waals surface area contributed by atoms with Crippen molar-refractivity contribution >= 4 is 23.2 Å². The van der Waals surface area contributed by atoms with Gasteiger partial charge in [-0.3, -0.25) is 9.59 Å². The zero-order valence-corrected chi connectivity index (χ0v) is 11.5. The van der Waals surface area contributed by atoms with E-state index >= 15 is 0 Å². The van der Waals surface area contributed by atoms with Crippen molar-refractivity contribution in [2.24, 2.45) is 0 Å². The maximum Gasteiger partial charge on any atom is 0.257 e. The predicted molar refractivity (Wildman–Crippen MR) is 81.1 cm³/mol. The van der Waals surface area contributed by atoms with Crippen molar-refractivity contribution in [1.29, 1.82) is 0 Å². The summed E-state index contributed by atoms with van der Waals surface area (Å²) in [6.45, 7) is 1.36. The number of carbonyl (C=O) groups is 2. The fourth-order valence-corrected chi connectivity index (χ4v) is 1.75. The van der Waals surface area contributed by atoms with Crippen LogP contribution < -0.4 is 10.6 Å². The van der Waals surface area contributed by atoms with Gasteiger partial charge in [-0.15, -0.1) is 0 Å². The van der Waals surface area contributed by atoms with E-state index < -0.39 is 12.0 Å². The third-order valence-corrected chi connectivity index (χ3v) is 2.84. The lowest BCUT2D eigenvalue weighted by Crippen LogP contribution is -2.26. The van der Waals surface area contributed by atoms with Crippen LogP contribution in [-0.4, -0.2) is 23.0 Å². The molecular weight excluding hydrogens is 268 g/mol. The average Bonchev–Trinajstić information content (AvgIpc) is 2.48. The molecule has 108 valence electrons. The maximum absolute atomic E-state index is 12.3. The Balaban J connectivity index is 2.19. The Bertz CT molecular complexity index is 639. The number of anilines is 2. The third-order valence-electron chi connectivity index (χ3n) is 2.84. The summed E-state index contributed by atoms with van der Waals surface area (Å²) in [5.41, 5.74) is 1.35. The first-order valence-corrected chi connectivity index (χ1v) is 6.52. The SMILES string of the molecule is CC(O)C(=O)Nc1ccccc1C(=O)Nc1ccccc1. The molecule has 5 nitrogen and oxygen atoms in total. The Kier molecular flexibility index (Phi) is 4.68. The number of rotatable bonds is 4. The van der Waals surface area contributed by atoms with Gasteiger partial charge >= 0.3 is 0 Å². The number of nitrogens with one attached hydrogen (secondary N) is 2. The summed E-state index contributed by atoms with van der Waals surface area (Å²) in [6, 6.07) is 15.7. The van der Waals surface area contributed by atoms with Crippen molar-refractivity contribution in [3.05, 3.63) is 60.2 Å². The third kappa shape index (κ3) is 3.90. The van der Waals surface area contributed by atoms with E-state index in [4.69, 9.17) is 0 Å². The standard InChI is InChI=1S/C16H16N2O3/c1-11(19)15(20)18-14-10-6-5-9-13(14)16(21)17-12-7-3-2-4-8-12/h2-11,19H,1H3,(H,17,21)(H,18,20). The zero-order chi connectivity index (χ0) is 15.2. The Morgan fingerprint density at radius 1 is 0.952 bits per heavy atom. The molecule has 21 heavy (non-hydrogen) atoms. The lowest BCUT2D eigenvalue weighted by Gasteiger charge is -2.12. The van der Waals surface area contributed by atoms with Gasteiger partial charge in [-0.05, 0) is 31.2 Å². The van der Waals surface area contributed by atoms with Crippen LogP contribution in [0.2, 0.25) is 0 Å². The summed E-state index contributed by atoms with van der Waals surface area (Å²) in [6.07, 6.45) is -1.14. The lowest BCUT2D eigenvalue weighted by atomic mass is 10.1. The summed E-state index contributed by atoms with van der Waals surface area (Å²) >= 11 is 0. The molecular formula is C16H16N2O3. The molecule has 0 radical (unpaired) electrons. The van der Waals surface area contributed by atoms with E-state index in [1.54, 1.807) is 36.4 Å². The van der Waals surface area contributed by atoms with Crippen molar-refractivity contribution in [2.45, 2.75) is 13.0 Å². The molecule has 2 aromatic rings. The van der Waals surface area contributed by atoms with Gasteiger partial charge in [0.1, 0.15) is 6.10 Å². The van der Waals surface area contributed by atoms with Crippen LogP contribution >= 0.6 is 0 Å². The summed E-state index contributed by atoms with van der Waals surface area (Å²) in [4.78, 5) is 23.8. The number of aliphatic hydroxyl groups is 1. The minimum atomic E-state index is -1.14. The van der Waals surface area contributed by atoms with E-state index in [0.717, 1.165) is 0 Å². The molecule has 0 aliphatic carbocycles. The Labute approximate surface area is 122 Å². The van der Waals surface area contributed by atoms with E-state index in [9.17, 15) is 14.7 Å². The van der Waals surface area contributed by atoms with Crippen molar-refractivity contribution < 1.29 is 14.7 Å². The maximum atomic E-state index is 12.3. The average molecular weight is 284 g/mol. The zero-order valence-electron chi connectivity index (χ0n) is 11.5. The molecule has 0 heterocycles. The molecule has 5 heteroatoms. The van der Waals surface area contributed by atoms with E-state index in [2.05, 4.69) is 10.6 Å². The van der Waals surface area contributed by atoms with Gasteiger partial charge in [-0.25, -0.2) is 0 Å². The first kappa shape index (κ1) is 14.7. The monoisotopic (exact) mass is 284 g/mol. The molecule has 0 saturated carbocycles. The molecule has 2 amide bonds. The van der Waals surface area contributed by atoms with Gasteiger partial charge < -0.3 is 15.7 Å². The van der Waals surface area contributed by atoms with Crippen LogP contribution in [0.4, 0.5) is 11.4 Å². The van der Waals surface area contributed by atoms with Gasteiger partial charge in [0.2, 0.25) is 0 Å². The summed E-state index contributed by atoms with van der Waals surface area (Å²) < 4.78 is 0. The number of hydrogen-bond donors (Lipinski definition) is 3. The normalized spacial score (nSPS) is 11.5. The lowest BCUT2D eigenvalue weighted by molar-refractivity contribution is -0.123. The molecule has 3 N–H and O–H groups in total. The van der Waals surface area contributed by atoms with Gasteiger partial charge in [-0.2, -0.15) is 0 Å². The van der Waals surface area contributed by atoms with Crippen molar-refractivity contribution in [1.82, 2.24) is 0 Å². The largest absolute Gasteiger partial charge is 0.384 e. The van der Waals surface area contributed by atoms with Crippen LogP contribution in [0.5, 0.6) is 0 Å². The molecule has 0 aliphatic heterocycles. The highest BCUT2D eigenvalue weighted by Crippen LogP contribution is 2.17. The number of benzene rings is 2. The highest BCUT2D eigenvalue weighted by molar-refractivity contribution is 6.10. The molecule has 0 fully saturated rings. The second-order valence-corrected chi connectivity index (χ2v) is 4.53. The predicted octanol–water partition coefficient (Wildman–Crippen LogP) is 2.26. The second kappa shape index (κ2) is 6.67. The van der Waals surface area contributed by atoms with E-state index in [1.165, 1.54) is 6.92 Å². The fraction of sp³-hybridized carbons (Fsp3) is 0.125. The summed E-state index contributed by atoms with van der Waals surface area (Å²) in [5, 5.41) is 14.5.